The lowest BCUT2D eigenvalue weighted by atomic mass is 10.2. The molecular formula is C17H12BrCl2N3O2. The monoisotopic (exact) mass is 439 g/mol. The van der Waals surface area contributed by atoms with Gasteiger partial charge in [0.1, 0.15) is 0 Å². The molecule has 0 fully saturated rings. The summed E-state index contributed by atoms with van der Waals surface area (Å²) in [4.78, 5) is 16.3. The number of rotatable bonds is 5. The maximum absolute atomic E-state index is 12.0. The van der Waals surface area contributed by atoms with Crippen molar-refractivity contribution < 1.29 is 9.32 Å². The molecule has 3 rings (SSSR count). The second-order valence-corrected chi connectivity index (χ2v) is 6.95. The molecule has 0 atom stereocenters. The van der Waals surface area contributed by atoms with Crippen LogP contribution < -0.4 is 5.32 Å². The van der Waals surface area contributed by atoms with Gasteiger partial charge in [0.05, 0.1) is 10.7 Å². The highest BCUT2D eigenvalue weighted by atomic mass is 79.9. The minimum absolute atomic E-state index is 0.195. The van der Waals surface area contributed by atoms with Crippen LogP contribution >= 0.6 is 39.1 Å². The molecule has 1 aromatic heterocycles. The third-order valence-corrected chi connectivity index (χ3v) is 4.42. The van der Waals surface area contributed by atoms with E-state index in [0.29, 0.717) is 33.9 Å². The molecule has 2 aromatic carbocycles. The van der Waals surface area contributed by atoms with Crippen molar-refractivity contribution in [1.29, 1.82) is 0 Å². The Morgan fingerprint density at radius 1 is 1.16 bits per heavy atom. The van der Waals surface area contributed by atoms with E-state index in [1.54, 1.807) is 18.2 Å². The molecule has 0 saturated heterocycles. The smallest absolute Gasteiger partial charge is 0.227 e. The van der Waals surface area contributed by atoms with Crippen LogP contribution in [0.15, 0.2) is 51.5 Å². The van der Waals surface area contributed by atoms with E-state index in [-0.39, 0.29) is 12.3 Å². The molecule has 0 saturated carbocycles. The van der Waals surface area contributed by atoms with Gasteiger partial charge in [0.25, 0.3) is 0 Å². The van der Waals surface area contributed by atoms with Crippen molar-refractivity contribution in [3.8, 4) is 11.4 Å². The summed E-state index contributed by atoms with van der Waals surface area (Å²) in [5.41, 5.74) is 1.35. The first-order valence-corrected chi connectivity index (χ1v) is 8.89. The average Bonchev–Trinajstić information content (AvgIpc) is 3.05. The van der Waals surface area contributed by atoms with Gasteiger partial charge >= 0.3 is 0 Å². The zero-order chi connectivity index (χ0) is 17.8. The lowest BCUT2D eigenvalue weighted by molar-refractivity contribution is -0.116. The number of hydrogen-bond donors (Lipinski definition) is 1. The number of aryl methyl sites for hydroxylation is 1. The Hall–Kier alpha value is -1.89. The second kappa shape index (κ2) is 7.99. The standard InChI is InChI=1S/C17H12BrCl2N3O2/c18-11-3-1-10(2-4-11)17-22-16(25-23-17)8-7-15(24)21-14-6-5-12(19)9-13(14)20/h1-6,9H,7-8H2,(H,21,24). The molecule has 1 heterocycles. The SMILES string of the molecule is O=C(CCc1nc(-c2ccc(Br)cc2)no1)Nc1ccc(Cl)cc1Cl. The Morgan fingerprint density at radius 2 is 1.92 bits per heavy atom. The molecule has 0 unspecified atom stereocenters. The molecule has 0 spiro atoms. The summed E-state index contributed by atoms with van der Waals surface area (Å²) in [6, 6.07) is 12.4. The Balaban J connectivity index is 1.58. The Kier molecular flexibility index (Phi) is 5.73. The molecular weight excluding hydrogens is 429 g/mol. The zero-order valence-corrected chi connectivity index (χ0v) is 15.9. The Morgan fingerprint density at radius 3 is 2.64 bits per heavy atom. The van der Waals surface area contributed by atoms with Crippen LogP contribution in [0, 0.1) is 0 Å². The maximum atomic E-state index is 12.0. The fraction of sp³-hybridized carbons (Fsp3) is 0.118. The highest BCUT2D eigenvalue weighted by Crippen LogP contribution is 2.25. The van der Waals surface area contributed by atoms with Crippen molar-refractivity contribution in [3.63, 3.8) is 0 Å². The van der Waals surface area contributed by atoms with Gasteiger partial charge < -0.3 is 9.84 Å². The number of nitrogens with one attached hydrogen (secondary N) is 1. The van der Waals surface area contributed by atoms with E-state index in [1.165, 1.54) is 0 Å². The average molecular weight is 441 g/mol. The molecule has 0 radical (unpaired) electrons. The number of nitrogens with zero attached hydrogens (tertiary/aromatic N) is 2. The molecule has 128 valence electrons. The van der Waals surface area contributed by atoms with E-state index >= 15 is 0 Å². The number of carbonyl (C=O) groups excluding carboxylic acids is 1. The van der Waals surface area contributed by atoms with Gasteiger partial charge in [-0.3, -0.25) is 4.79 Å². The molecule has 25 heavy (non-hydrogen) atoms. The minimum atomic E-state index is -0.201. The predicted octanol–water partition coefficient (Wildman–Crippen LogP) is 5.38. The molecule has 1 N–H and O–H groups in total. The molecule has 0 aliphatic rings. The molecule has 1 amide bonds. The Labute approximate surface area is 162 Å². The summed E-state index contributed by atoms with van der Waals surface area (Å²) < 4.78 is 6.16. The molecule has 0 bridgehead atoms. The summed E-state index contributed by atoms with van der Waals surface area (Å²) in [5, 5.41) is 7.55. The number of benzene rings is 2. The molecule has 0 aliphatic heterocycles. The summed E-state index contributed by atoms with van der Waals surface area (Å²) in [7, 11) is 0. The van der Waals surface area contributed by atoms with E-state index in [0.717, 1.165) is 10.0 Å². The second-order valence-electron chi connectivity index (χ2n) is 5.19. The van der Waals surface area contributed by atoms with Crippen molar-refractivity contribution in [2.45, 2.75) is 12.8 Å². The van der Waals surface area contributed by atoms with Gasteiger partial charge in [-0.25, -0.2) is 0 Å². The molecule has 0 aliphatic carbocycles. The van der Waals surface area contributed by atoms with Crippen molar-refractivity contribution >= 4 is 50.7 Å². The van der Waals surface area contributed by atoms with Gasteiger partial charge in [0.15, 0.2) is 0 Å². The van der Waals surface area contributed by atoms with Crippen molar-refractivity contribution in [2.75, 3.05) is 5.32 Å². The van der Waals surface area contributed by atoms with E-state index < -0.39 is 0 Å². The van der Waals surface area contributed by atoms with E-state index in [2.05, 4.69) is 31.4 Å². The van der Waals surface area contributed by atoms with Gasteiger partial charge in [-0.2, -0.15) is 4.98 Å². The minimum Gasteiger partial charge on any atom is -0.339 e. The van der Waals surface area contributed by atoms with Crippen molar-refractivity contribution in [3.05, 3.63) is 62.9 Å². The normalized spacial score (nSPS) is 10.7. The van der Waals surface area contributed by atoms with Crippen LogP contribution in [-0.4, -0.2) is 16.0 Å². The summed E-state index contributed by atoms with van der Waals surface area (Å²) in [6.07, 6.45) is 0.529. The fourth-order valence-corrected chi connectivity index (χ4v) is 2.82. The lowest BCUT2D eigenvalue weighted by Gasteiger charge is -2.06. The molecule has 8 heteroatoms. The van der Waals surface area contributed by atoms with Crippen LogP contribution in [0.3, 0.4) is 0 Å². The summed E-state index contributed by atoms with van der Waals surface area (Å²) in [6.45, 7) is 0. The van der Waals surface area contributed by atoms with Gasteiger partial charge in [-0.15, -0.1) is 0 Å². The van der Waals surface area contributed by atoms with E-state index in [9.17, 15) is 4.79 Å². The van der Waals surface area contributed by atoms with Crippen LogP contribution in [0.1, 0.15) is 12.3 Å². The number of aromatic nitrogens is 2. The fourth-order valence-electron chi connectivity index (χ4n) is 2.10. The number of hydrogen-bond acceptors (Lipinski definition) is 4. The molecule has 3 aromatic rings. The van der Waals surface area contributed by atoms with Crippen molar-refractivity contribution in [1.82, 2.24) is 10.1 Å². The zero-order valence-electron chi connectivity index (χ0n) is 12.8. The third-order valence-electron chi connectivity index (χ3n) is 3.34. The first-order chi connectivity index (χ1) is 12.0. The summed E-state index contributed by atoms with van der Waals surface area (Å²) >= 11 is 15.2. The van der Waals surface area contributed by atoms with Gasteiger partial charge in [0.2, 0.25) is 17.6 Å². The lowest BCUT2D eigenvalue weighted by Crippen LogP contribution is -2.12. The van der Waals surface area contributed by atoms with E-state index in [4.69, 9.17) is 27.7 Å². The highest BCUT2D eigenvalue weighted by Gasteiger charge is 2.12. The first-order valence-electron chi connectivity index (χ1n) is 7.35. The van der Waals surface area contributed by atoms with E-state index in [1.807, 2.05) is 24.3 Å². The number of halogens is 3. The first kappa shape index (κ1) is 17.9. The number of carbonyl (C=O) groups is 1. The van der Waals surface area contributed by atoms with Gasteiger partial charge in [-0.05, 0) is 42.5 Å². The quantitative estimate of drug-likeness (QED) is 0.578. The van der Waals surface area contributed by atoms with Crippen LogP contribution in [0.25, 0.3) is 11.4 Å². The van der Waals surface area contributed by atoms with Gasteiger partial charge in [-0.1, -0.05) is 44.3 Å². The number of anilines is 1. The topological polar surface area (TPSA) is 68.0 Å². The van der Waals surface area contributed by atoms with Crippen LogP contribution in [0.2, 0.25) is 10.0 Å². The Bertz CT molecular complexity index is 897. The number of amides is 1. The predicted molar refractivity (Wildman–Crippen MR) is 101 cm³/mol. The highest BCUT2D eigenvalue weighted by molar-refractivity contribution is 9.10. The van der Waals surface area contributed by atoms with Crippen LogP contribution in [0.5, 0.6) is 0 Å². The maximum Gasteiger partial charge on any atom is 0.227 e. The van der Waals surface area contributed by atoms with Gasteiger partial charge in [0, 0.05) is 27.9 Å². The van der Waals surface area contributed by atoms with Crippen molar-refractivity contribution in [2.24, 2.45) is 0 Å². The third kappa shape index (κ3) is 4.81. The van der Waals surface area contributed by atoms with Crippen LogP contribution in [-0.2, 0) is 11.2 Å². The van der Waals surface area contributed by atoms with Crippen LogP contribution in [0.4, 0.5) is 5.69 Å². The molecule has 5 nitrogen and oxygen atoms in total. The summed E-state index contributed by atoms with van der Waals surface area (Å²) in [5.74, 6) is 0.687. The largest absolute Gasteiger partial charge is 0.339 e.